The molecule has 0 radical (unpaired) electrons. The minimum Gasteiger partial charge on any atom is -0.462 e. The van der Waals surface area contributed by atoms with E-state index in [1.807, 2.05) is 0 Å². The Labute approximate surface area is 391 Å². The Morgan fingerprint density at radius 2 is 0.619 bits per heavy atom. The predicted molar refractivity (Wildman–Crippen MR) is 270 cm³/mol. The van der Waals surface area contributed by atoms with Crippen LogP contribution in [0.3, 0.4) is 0 Å². The molecular weight excluding hydrogens is 781 g/mol. The average Bonchev–Trinajstić information content (AvgIpc) is 3.28. The fourth-order valence-electron chi connectivity index (χ4n) is 8.09. The molecule has 0 rings (SSSR count). The second-order valence-corrected chi connectivity index (χ2v) is 18.5. The number of esters is 3. The molecule has 0 aromatic carbocycles. The van der Waals surface area contributed by atoms with E-state index in [2.05, 4.69) is 57.2 Å². The van der Waals surface area contributed by atoms with Gasteiger partial charge in [-0.3, -0.25) is 14.4 Å². The zero-order valence-electron chi connectivity index (χ0n) is 42.1. The fraction of sp³-hybridized carbons (Fsp3) is 0.842. The van der Waals surface area contributed by atoms with E-state index in [1.54, 1.807) is 0 Å². The van der Waals surface area contributed by atoms with E-state index in [9.17, 15) is 14.4 Å². The lowest BCUT2D eigenvalue weighted by Crippen LogP contribution is -2.30. The van der Waals surface area contributed by atoms with Gasteiger partial charge in [0.15, 0.2) is 6.10 Å². The summed E-state index contributed by atoms with van der Waals surface area (Å²) in [6.45, 7) is 6.53. The van der Waals surface area contributed by atoms with Crippen molar-refractivity contribution in [2.24, 2.45) is 0 Å². The summed E-state index contributed by atoms with van der Waals surface area (Å²) in [6.07, 6.45) is 61.3. The van der Waals surface area contributed by atoms with E-state index in [0.29, 0.717) is 19.3 Å². The summed E-state index contributed by atoms with van der Waals surface area (Å²) in [7, 11) is 0. The highest BCUT2D eigenvalue weighted by Gasteiger charge is 2.19. The van der Waals surface area contributed by atoms with Gasteiger partial charge < -0.3 is 14.2 Å². The van der Waals surface area contributed by atoms with Crippen molar-refractivity contribution in [3.63, 3.8) is 0 Å². The van der Waals surface area contributed by atoms with Gasteiger partial charge in [-0.2, -0.15) is 0 Å². The highest BCUT2D eigenvalue weighted by atomic mass is 16.6. The zero-order valence-corrected chi connectivity index (χ0v) is 42.1. The van der Waals surface area contributed by atoms with E-state index in [4.69, 9.17) is 14.2 Å². The molecule has 1 unspecified atom stereocenters. The monoisotopic (exact) mass is 885 g/mol. The summed E-state index contributed by atoms with van der Waals surface area (Å²) in [5, 5.41) is 0. The van der Waals surface area contributed by atoms with Gasteiger partial charge >= 0.3 is 17.9 Å². The molecule has 0 aromatic heterocycles. The van der Waals surface area contributed by atoms with Gasteiger partial charge in [0.25, 0.3) is 0 Å². The van der Waals surface area contributed by atoms with Gasteiger partial charge in [0.1, 0.15) is 13.2 Å². The molecule has 0 amide bonds. The van der Waals surface area contributed by atoms with Crippen LogP contribution >= 0.6 is 0 Å². The number of allylic oxidation sites excluding steroid dienone is 6. The van der Waals surface area contributed by atoms with Gasteiger partial charge in [-0.15, -0.1) is 0 Å². The molecule has 0 saturated carbocycles. The maximum absolute atomic E-state index is 12.8. The first-order chi connectivity index (χ1) is 31.0. The zero-order chi connectivity index (χ0) is 45.8. The Bertz CT molecular complexity index is 1060. The van der Waals surface area contributed by atoms with Gasteiger partial charge in [0, 0.05) is 19.3 Å². The van der Waals surface area contributed by atoms with Crippen LogP contribution in [0.1, 0.15) is 290 Å². The SMILES string of the molecule is CC/C=C/C=C/C=C/CCCCCCCC(=O)OCC(COC(=O)CCCCCCCCCCCCCCCCCCCC)OC(=O)CCCCCCCCCCCCCCCC. The topological polar surface area (TPSA) is 78.9 Å². The van der Waals surface area contributed by atoms with Crippen LogP contribution in [-0.2, 0) is 28.6 Å². The molecule has 0 bridgehead atoms. The number of hydrogen-bond acceptors (Lipinski definition) is 6. The Morgan fingerprint density at radius 3 is 0.952 bits per heavy atom. The average molecular weight is 885 g/mol. The molecule has 0 fully saturated rings. The summed E-state index contributed by atoms with van der Waals surface area (Å²) in [4.78, 5) is 38.0. The van der Waals surface area contributed by atoms with Crippen molar-refractivity contribution in [2.45, 2.75) is 297 Å². The second kappa shape index (κ2) is 52.3. The number of carbonyl (C=O) groups is 3. The molecule has 368 valence electrons. The van der Waals surface area contributed by atoms with Crippen LogP contribution < -0.4 is 0 Å². The number of hydrogen-bond donors (Lipinski definition) is 0. The summed E-state index contributed by atoms with van der Waals surface area (Å²) < 4.78 is 16.8. The molecule has 0 spiro atoms. The molecule has 6 heteroatoms. The van der Waals surface area contributed by atoms with E-state index in [0.717, 1.165) is 83.5 Å². The van der Waals surface area contributed by atoms with Crippen LogP contribution in [0.4, 0.5) is 0 Å². The van der Waals surface area contributed by atoms with Crippen molar-refractivity contribution in [3.8, 4) is 0 Å². The quantitative estimate of drug-likeness (QED) is 0.0262. The standard InChI is InChI=1S/C57H104O6/c1-4-7-10-13-16-19-22-25-27-28-29-30-33-35-38-41-44-47-50-56(59)62-53-54(52-61-55(58)49-46-43-40-37-34-31-24-21-18-15-12-9-6-3)63-57(60)51-48-45-42-39-36-32-26-23-20-17-14-11-8-5-2/h9,12,15,18,21,24,54H,4-8,10-11,13-14,16-17,19-20,22-23,25-53H2,1-3H3/b12-9+,18-15+,24-21+. The van der Waals surface area contributed by atoms with Gasteiger partial charge in [-0.25, -0.2) is 0 Å². The van der Waals surface area contributed by atoms with Crippen molar-refractivity contribution in [1.82, 2.24) is 0 Å². The lowest BCUT2D eigenvalue weighted by molar-refractivity contribution is -0.167. The lowest BCUT2D eigenvalue weighted by atomic mass is 10.0. The first kappa shape index (κ1) is 60.6. The third-order valence-corrected chi connectivity index (χ3v) is 12.2. The van der Waals surface area contributed by atoms with E-state index < -0.39 is 6.10 Å². The molecule has 0 N–H and O–H groups in total. The third kappa shape index (κ3) is 50.5. The molecule has 0 aromatic rings. The van der Waals surface area contributed by atoms with Crippen LogP contribution in [0.25, 0.3) is 0 Å². The van der Waals surface area contributed by atoms with E-state index in [-0.39, 0.29) is 31.1 Å². The minimum absolute atomic E-state index is 0.0741. The van der Waals surface area contributed by atoms with Crippen molar-refractivity contribution in [1.29, 1.82) is 0 Å². The molecule has 0 aliphatic heterocycles. The molecule has 1 atom stereocenters. The van der Waals surface area contributed by atoms with Crippen LogP contribution in [0.2, 0.25) is 0 Å². The Kier molecular flexibility index (Phi) is 50.3. The third-order valence-electron chi connectivity index (χ3n) is 12.2. The number of ether oxygens (including phenoxy) is 3. The van der Waals surface area contributed by atoms with E-state index >= 15 is 0 Å². The number of carbonyl (C=O) groups excluding carboxylic acids is 3. The minimum atomic E-state index is -0.775. The molecule has 0 aliphatic rings. The van der Waals surface area contributed by atoms with Crippen LogP contribution in [0, 0.1) is 0 Å². The highest BCUT2D eigenvalue weighted by molar-refractivity contribution is 5.71. The van der Waals surface area contributed by atoms with Crippen molar-refractivity contribution < 1.29 is 28.6 Å². The maximum atomic E-state index is 12.8. The highest BCUT2D eigenvalue weighted by Crippen LogP contribution is 2.17. The van der Waals surface area contributed by atoms with Gasteiger partial charge in [0.05, 0.1) is 0 Å². The Morgan fingerprint density at radius 1 is 0.333 bits per heavy atom. The molecule has 63 heavy (non-hydrogen) atoms. The summed E-state index contributed by atoms with van der Waals surface area (Å²) in [5.74, 6) is -0.879. The molecule has 0 aliphatic carbocycles. The van der Waals surface area contributed by atoms with Crippen LogP contribution in [0.5, 0.6) is 0 Å². The maximum Gasteiger partial charge on any atom is 0.306 e. The fourth-order valence-corrected chi connectivity index (χ4v) is 8.09. The lowest BCUT2D eigenvalue weighted by Gasteiger charge is -2.18. The number of unbranched alkanes of at least 4 members (excludes halogenated alkanes) is 35. The van der Waals surface area contributed by atoms with Crippen molar-refractivity contribution in [2.75, 3.05) is 13.2 Å². The van der Waals surface area contributed by atoms with Gasteiger partial charge in [-0.05, 0) is 38.5 Å². The molecular formula is C57H104O6. The first-order valence-electron chi connectivity index (χ1n) is 27.5. The summed E-state index contributed by atoms with van der Waals surface area (Å²) >= 11 is 0. The first-order valence-corrected chi connectivity index (χ1v) is 27.5. The smallest absolute Gasteiger partial charge is 0.306 e. The number of rotatable bonds is 50. The molecule has 0 heterocycles. The Balaban J connectivity index is 4.32. The predicted octanol–water partition coefficient (Wildman–Crippen LogP) is 18.1. The summed E-state index contributed by atoms with van der Waals surface area (Å²) in [6, 6.07) is 0. The van der Waals surface area contributed by atoms with Crippen molar-refractivity contribution >= 4 is 17.9 Å². The van der Waals surface area contributed by atoms with Gasteiger partial charge in [0.2, 0.25) is 0 Å². The van der Waals surface area contributed by atoms with Crippen LogP contribution in [0.15, 0.2) is 36.5 Å². The van der Waals surface area contributed by atoms with Crippen molar-refractivity contribution in [3.05, 3.63) is 36.5 Å². The summed E-state index contributed by atoms with van der Waals surface area (Å²) in [5.41, 5.74) is 0. The molecule has 0 saturated heterocycles. The largest absolute Gasteiger partial charge is 0.462 e. The normalized spacial score (nSPS) is 12.2. The van der Waals surface area contributed by atoms with E-state index in [1.165, 1.54) is 167 Å². The molecule has 6 nitrogen and oxygen atoms in total. The second-order valence-electron chi connectivity index (χ2n) is 18.5. The Hall–Kier alpha value is -2.37. The van der Waals surface area contributed by atoms with Gasteiger partial charge in [-0.1, -0.05) is 269 Å². The van der Waals surface area contributed by atoms with Crippen LogP contribution in [-0.4, -0.2) is 37.2 Å².